The number of benzene rings is 1. The molecular formula is C13H17N5O. The first kappa shape index (κ1) is 13.4. The average molecular weight is 259 g/mol. The summed E-state index contributed by atoms with van der Waals surface area (Å²) in [6, 6.07) is 9.67. The predicted molar refractivity (Wildman–Crippen MR) is 70.1 cm³/mol. The molecule has 0 bridgehead atoms. The number of carbonyl (C=O) groups is 1. The lowest BCUT2D eigenvalue weighted by Crippen LogP contribution is -2.13. The highest BCUT2D eigenvalue weighted by atomic mass is 16.1. The van der Waals surface area contributed by atoms with Gasteiger partial charge in [0, 0.05) is 12.5 Å². The summed E-state index contributed by atoms with van der Waals surface area (Å²) < 4.78 is 0. The van der Waals surface area contributed by atoms with Gasteiger partial charge in [-0.3, -0.25) is 4.79 Å². The Labute approximate surface area is 111 Å². The van der Waals surface area contributed by atoms with Gasteiger partial charge in [-0.15, -0.1) is 10.2 Å². The van der Waals surface area contributed by atoms with Crippen molar-refractivity contribution in [2.24, 2.45) is 12.8 Å². The second kappa shape index (κ2) is 6.19. The molecule has 1 aromatic carbocycles. The SMILES string of the molecule is Cn1nnc(CC(=O)CCC(N)c2ccccc2)n1. The quantitative estimate of drug-likeness (QED) is 0.829. The van der Waals surface area contributed by atoms with Gasteiger partial charge in [0.1, 0.15) is 5.78 Å². The Kier molecular flexibility index (Phi) is 4.35. The Morgan fingerprint density at radius 3 is 2.74 bits per heavy atom. The van der Waals surface area contributed by atoms with Crippen molar-refractivity contribution in [1.82, 2.24) is 20.2 Å². The third-order valence-corrected chi connectivity index (χ3v) is 2.87. The Morgan fingerprint density at radius 1 is 1.37 bits per heavy atom. The number of hydrogen-bond donors (Lipinski definition) is 1. The van der Waals surface area contributed by atoms with Crippen LogP contribution in [0.15, 0.2) is 30.3 Å². The minimum absolute atomic E-state index is 0.0828. The molecular weight excluding hydrogens is 242 g/mol. The minimum Gasteiger partial charge on any atom is -0.324 e. The van der Waals surface area contributed by atoms with Gasteiger partial charge < -0.3 is 5.73 Å². The molecule has 0 saturated carbocycles. The molecule has 1 atom stereocenters. The van der Waals surface area contributed by atoms with Crippen LogP contribution in [0.4, 0.5) is 0 Å². The van der Waals surface area contributed by atoms with Crippen LogP contribution in [0, 0.1) is 0 Å². The number of hydrogen-bond acceptors (Lipinski definition) is 5. The number of Topliss-reactive ketones (excluding diaryl/α,β-unsaturated/α-hetero) is 1. The molecule has 100 valence electrons. The topological polar surface area (TPSA) is 86.7 Å². The number of nitrogens with two attached hydrogens (primary N) is 1. The summed E-state index contributed by atoms with van der Waals surface area (Å²) in [5.74, 6) is 0.542. The smallest absolute Gasteiger partial charge is 0.182 e. The van der Waals surface area contributed by atoms with Crippen LogP contribution in [-0.4, -0.2) is 26.0 Å². The van der Waals surface area contributed by atoms with Crippen molar-refractivity contribution in [3.05, 3.63) is 41.7 Å². The highest BCUT2D eigenvalue weighted by Gasteiger charge is 2.11. The number of carbonyl (C=O) groups excluding carboxylic acids is 1. The molecule has 0 amide bonds. The molecule has 0 spiro atoms. The summed E-state index contributed by atoms with van der Waals surface area (Å²) in [4.78, 5) is 13.1. The number of ketones is 1. The summed E-state index contributed by atoms with van der Waals surface area (Å²) in [5.41, 5.74) is 7.09. The first-order valence-electron chi connectivity index (χ1n) is 6.20. The van der Waals surface area contributed by atoms with E-state index in [-0.39, 0.29) is 18.2 Å². The van der Waals surface area contributed by atoms with Gasteiger partial charge >= 0.3 is 0 Å². The summed E-state index contributed by atoms with van der Waals surface area (Å²) in [7, 11) is 1.67. The summed E-state index contributed by atoms with van der Waals surface area (Å²) in [6.45, 7) is 0. The lowest BCUT2D eigenvalue weighted by molar-refractivity contribution is -0.118. The summed E-state index contributed by atoms with van der Waals surface area (Å²) >= 11 is 0. The van der Waals surface area contributed by atoms with E-state index in [1.807, 2.05) is 30.3 Å². The van der Waals surface area contributed by atoms with E-state index < -0.39 is 0 Å². The van der Waals surface area contributed by atoms with Crippen LogP contribution in [0.1, 0.15) is 30.3 Å². The van der Waals surface area contributed by atoms with E-state index in [1.165, 1.54) is 4.80 Å². The maximum Gasteiger partial charge on any atom is 0.182 e. The van der Waals surface area contributed by atoms with Gasteiger partial charge in [-0.2, -0.15) is 4.80 Å². The predicted octanol–water partition coefficient (Wildman–Crippen LogP) is 0.802. The van der Waals surface area contributed by atoms with Gasteiger partial charge in [-0.25, -0.2) is 0 Å². The van der Waals surface area contributed by atoms with Crippen molar-refractivity contribution in [3.63, 3.8) is 0 Å². The maximum atomic E-state index is 11.8. The lowest BCUT2D eigenvalue weighted by Gasteiger charge is -2.10. The Bertz CT molecular complexity index is 537. The van der Waals surface area contributed by atoms with Gasteiger partial charge in [-0.1, -0.05) is 30.3 Å². The molecule has 1 aromatic heterocycles. The first-order valence-corrected chi connectivity index (χ1v) is 6.20. The fourth-order valence-corrected chi connectivity index (χ4v) is 1.84. The summed E-state index contributed by atoms with van der Waals surface area (Å²) in [5, 5.41) is 11.5. The van der Waals surface area contributed by atoms with Crippen LogP contribution < -0.4 is 5.73 Å². The normalized spacial score (nSPS) is 12.3. The Hall–Kier alpha value is -2.08. The fourth-order valence-electron chi connectivity index (χ4n) is 1.84. The molecule has 0 aliphatic carbocycles. The van der Waals surface area contributed by atoms with E-state index in [9.17, 15) is 4.79 Å². The largest absolute Gasteiger partial charge is 0.324 e. The van der Waals surface area contributed by atoms with Crippen LogP contribution in [0.2, 0.25) is 0 Å². The zero-order valence-electron chi connectivity index (χ0n) is 10.9. The molecule has 0 saturated heterocycles. The number of rotatable bonds is 6. The molecule has 0 radical (unpaired) electrons. The monoisotopic (exact) mass is 259 g/mol. The van der Waals surface area contributed by atoms with E-state index in [0.29, 0.717) is 18.7 Å². The third-order valence-electron chi connectivity index (χ3n) is 2.87. The van der Waals surface area contributed by atoms with Gasteiger partial charge in [-0.05, 0) is 17.2 Å². The van der Waals surface area contributed by atoms with Crippen molar-refractivity contribution in [1.29, 1.82) is 0 Å². The molecule has 2 rings (SSSR count). The van der Waals surface area contributed by atoms with Crippen molar-refractivity contribution in [3.8, 4) is 0 Å². The maximum absolute atomic E-state index is 11.8. The molecule has 0 aliphatic heterocycles. The fraction of sp³-hybridized carbons (Fsp3) is 0.385. The molecule has 0 aliphatic rings. The lowest BCUT2D eigenvalue weighted by atomic mass is 10.0. The van der Waals surface area contributed by atoms with Crippen molar-refractivity contribution < 1.29 is 4.79 Å². The van der Waals surface area contributed by atoms with Crippen LogP contribution in [0.5, 0.6) is 0 Å². The molecule has 19 heavy (non-hydrogen) atoms. The van der Waals surface area contributed by atoms with Crippen molar-refractivity contribution >= 4 is 5.78 Å². The number of aromatic nitrogens is 4. The molecule has 0 fully saturated rings. The van der Waals surface area contributed by atoms with E-state index in [0.717, 1.165) is 5.56 Å². The molecule has 2 aromatic rings. The van der Waals surface area contributed by atoms with E-state index in [1.54, 1.807) is 7.05 Å². The van der Waals surface area contributed by atoms with Gasteiger partial charge in [0.15, 0.2) is 5.82 Å². The van der Waals surface area contributed by atoms with E-state index in [2.05, 4.69) is 15.4 Å². The second-order valence-corrected chi connectivity index (χ2v) is 4.47. The van der Waals surface area contributed by atoms with Gasteiger partial charge in [0.05, 0.1) is 13.5 Å². The zero-order chi connectivity index (χ0) is 13.7. The molecule has 6 heteroatoms. The highest BCUT2D eigenvalue weighted by Crippen LogP contribution is 2.15. The van der Waals surface area contributed by atoms with Crippen LogP contribution in [0.3, 0.4) is 0 Å². The first-order chi connectivity index (χ1) is 9.15. The second-order valence-electron chi connectivity index (χ2n) is 4.47. The van der Waals surface area contributed by atoms with E-state index in [4.69, 9.17) is 5.73 Å². The van der Waals surface area contributed by atoms with E-state index >= 15 is 0 Å². The average Bonchev–Trinajstić information content (AvgIpc) is 2.82. The Morgan fingerprint density at radius 2 is 2.11 bits per heavy atom. The molecule has 1 heterocycles. The number of aryl methyl sites for hydroxylation is 1. The molecule has 6 nitrogen and oxygen atoms in total. The van der Waals surface area contributed by atoms with Crippen LogP contribution in [0.25, 0.3) is 0 Å². The Balaban J connectivity index is 1.80. The molecule has 2 N–H and O–H groups in total. The highest BCUT2D eigenvalue weighted by molar-refractivity contribution is 5.80. The standard InChI is InChI=1S/C13H17N5O/c1-18-16-13(15-17-18)9-11(19)7-8-12(14)10-5-3-2-4-6-10/h2-6,12H,7-9,14H2,1H3. The van der Waals surface area contributed by atoms with Gasteiger partial charge in [0.2, 0.25) is 0 Å². The van der Waals surface area contributed by atoms with Crippen LogP contribution >= 0.6 is 0 Å². The van der Waals surface area contributed by atoms with Crippen LogP contribution in [-0.2, 0) is 18.3 Å². The summed E-state index contributed by atoms with van der Waals surface area (Å²) in [6.07, 6.45) is 1.27. The van der Waals surface area contributed by atoms with Crippen molar-refractivity contribution in [2.75, 3.05) is 0 Å². The zero-order valence-corrected chi connectivity index (χ0v) is 10.9. The van der Waals surface area contributed by atoms with Gasteiger partial charge in [0.25, 0.3) is 0 Å². The molecule has 1 unspecified atom stereocenters. The minimum atomic E-state index is -0.111. The number of nitrogens with zero attached hydrogens (tertiary/aromatic N) is 4. The van der Waals surface area contributed by atoms with Crippen molar-refractivity contribution in [2.45, 2.75) is 25.3 Å². The third kappa shape index (κ3) is 3.96. The number of tetrazole rings is 1.